The predicted molar refractivity (Wildman–Crippen MR) is 92.3 cm³/mol. The van der Waals surface area contributed by atoms with E-state index in [0.717, 1.165) is 24.0 Å². The Bertz CT molecular complexity index is 562. The summed E-state index contributed by atoms with van der Waals surface area (Å²) in [6, 6.07) is 3.20. The predicted octanol–water partition coefficient (Wildman–Crippen LogP) is 3.09. The molecule has 0 amide bonds. The minimum Gasteiger partial charge on any atom is -0.398 e. The maximum Gasteiger partial charge on any atom is 0.240 e. The number of aryl methyl sites for hydroxylation is 1. The normalized spacial score (nSPS) is 12.6. The molecule has 0 aliphatic carbocycles. The fourth-order valence-electron chi connectivity index (χ4n) is 2.18. The molecule has 0 heterocycles. The lowest BCUT2D eigenvalue weighted by Gasteiger charge is -2.29. The van der Waals surface area contributed by atoms with Crippen LogP contribution in [0.5, 0.6) is 0 Å². The van der Waals surface area contributed by atoms with E-state index in [2.05, 4.69) is 18.6 Å². The third-order valence-corrected chi connectivity index (χ3v) is 7.27. The molecule has 1 aromatic carbocycles. The zero-order chi connectivity index (χ0) is 16.3. The Morgan fingerprint density at radius 3 is 2.24 bits per heavy atom. The van der Waals surface area contributed by atoms with Crippen LogP contribution >= 0.6 is 11.8 Å². The SMILES string of the molecule is CCC(CC)(CNS(=O)(=O)c1cc(C)c(C)c(N)c1)SC. The molecule has 0 radical (unpaired) electrons. The first-order valence-corrected chi connectivity index (χ1v) is 9.83. The summed E-state index contributed by atoms with van der Waals surface area (Å²) < 4.78 is 27.6. The Kier molecular flexibility index (Phi) is 6.13. The number of hydrogen-bond acceptors (Lipinski definition) is 4. The van der Waals surface area contributed by atoms with Crippen LogP contribution < -0.4 is 10.5 Å². The van der Waals surface area contributed by atoms with Crippen LogP contribution in [0, 0.1) is 13.8 Å². The summed E-state index contributed by atoms with van der Waals surface area (Å²) in [5, 5.41) is 0. The Morgan fingerprint density at radius 2 is 1.81 bits per heavy atom. The number of thioether (sulfide) groups is 1. The topological polar surface area (TPSA) is 72.2 Å². The Morgan fingerprint density at radius 1 is 1.24 bits per heavy atom. The van der Waals surface area contributed by atoms with Crippen LogP contribution in [0.25, 0.3) is 0 Å². The molecule has 21 heavy (non-hydrogen) atoms. The maximum absolute atomic E-state index is 12.5. The third-order valence-electron chi connectivity index (χ3n) is 4.30. The molecule has 0 spiro atoms. The molecular weight excluding hydrogens is 304 g/mol. The van der Waals surface area contributed by atoms with Crippen LogP contribution in [-0.2, 0) is 10.0 Å². The highest BCUT2D eigenvalue weighted by Gasteiger charge is 2.27. The number of nitrogens with one attached hydrogen (secondary N) is 1. The Labute approximate surface area is 132 Å². The first kappa shape index (κ1) is 18.3. The molecule has 0 unspecified atom stereocenters. The van der Waals surface area contributed by atoms with Gasteiger partial charge in [0.15, 0.2) is 0 Å². The van der Waals surface area contributed by atoms with Crippen LogP contribution in [0.3, 0.4) is 0 Å². The number of hydrogen-bond donors (Lipinski definition) is 2. The van der Waals surface area contributed by atoms with E-state index >= 15 is 0 Å². The van der Waals surface area contributed by atoms with E-state index in [9.17, 15) is 8.42 Å². The molecule has 0 saturated carbocycles. The van der Waals surface area contributed by atoms with Crippen molar-refractivity contribution in [1.29, 1.82) is 0 Å². The Hall–Kier alpha value is -0.720. The van der Waals surface area contributed by atoms with Gasteiger partial charge in [-0.05, 0) is 56.2 Å². The summed E-state index contributed by atoms with van der Waals surface area (Å²) in [6.45, 7) is 8.36. The number of nitrogens with two attached hydrogens (primary N) is 1. The van der Waals surface area contributed by atoms with Gasteiger partial charge in [-0.1, -0.05) is 13.8 Å². The van der Waals surface area contributed by atoms with Crippen LogP contribution in [0.2, 0.25) is 0 Å². The highest BCUT2D eigenvalue weighted by Crippen LogP contribution is 2.30. The summed E-state index contributed by atoms with van der Waals surface area (Å²) in [7, 11) is -3.53. The molecule has 0 aliphatic rings. The molecule has 1 rings (SSSR count). The smallest absolute Gasteiger partial charge is 0.240 e. The zero-order valence-corrected chi connectivity index (χ0v) is 15.1. The van der Waals surface area contributed by atoms with Crippen LogP contribution in [0.1, 0.15) is 37.8 Å². The van der Waals surface area contributed by atoms with Crippen molar-refractivity contribution in [2.24, 2.45) is 0 Å². The van der Waals surface area contributed by atoms with Gasteiger partial charge in [0.1, 0.15) is 0 Å². The first-order valence-electron chi connectivity index (χ1n) is 7.13. The fourth-order valence-corrected chi connectivity index (χ4v) is 4.31. The molecule has 0 aliphatic heterocycles. The summed E-state index contributed by atoms with van der Waals surface area (Å²) in [4.78, 5) is 0.241. The summed E-state index contributed by atoms with van der Waals surface area (Å²) in [6.07, 6.45) is 3.86. The molecule has 0 saturated heterocycles. The number of anilines is 1. The minimum absolute atomic E-state index is 0.0572. The third kappa shape index (κ3) is 4.14. The monoisotopic (exact) mass is 330 g/mol. The van der Waals surface area contributed by atoms with Gasteiger partial charge in [0, 0.05) is 17.0 Å². The van der Waals surface area contributed by atoms with E-state index in [0.29, 0.717) is 12.2 Å². The highest BCUT2D eigenvalue weighted by molar-refractivity contribution is 8.00. The van der Waals surface area contributed by atoms with E-state index in [1.165, 1.54) is 6.07 Å². The quantitative estimate of drug-likeness (QED) is 0.754. The largest absolute Gasteiger partial charge is 0.398 e. The average Bonchev–Trinajstić information content (AvgIpc) is 2.46. The van der Waals surface area contributed by atoms with Gasteiger partial charge in [0.05, 0.1) is 4.90 Å². The van der Waals surface area contributed by atoms with Gasteiger partial charge in [-0.2, -0.15) is 11.8 Å². The zero-order valence-electron chi connectivity index (χ0n) is 13.5. The lowest BCUT2D eigenvalue weighted by atomic mass is 10.0. The van der Waals surface area contributed by atoms with Gasteiger partial charge in [0.2, 0.25) is 10.0 Å². The van der Waals surface area contributed by atoms with E-state index in [1.54, 1.807) is 17.8 Å². The second kappa shape index (κ2) is 7.03. The summed E-state index contributed by atoms with van der Waals surface area (Å²) >= 11 is 1.71. The fraction of sp³-hybridized carbons (Fsp3) is 0.600. The summed E-state index contributed by atoms with van der Waals surface area (Å²) in [5.41, 5.74) is 8.21. The van der Waals surface area contributed by atoms with Gasteiger partial charge in [-0.25, -0.2) is 13.1 Å². The lowest BCUT2D eigenvalue weighted by Crippen LogP contribution is -2.39. The van der Waals surface area contributed by atoms with Crippen molar-refractivity contribution in [2.75, 3.05) is 18.5 Å². The molecule has 120 valence electrons. The van der Waals surface area contributed by atoms with E-state index < -0.39 is 10.0 Å². The second-order valence-electron chi connectivity index (χ2n) is 5.37. The molecule has 4 nitrogen and oxygen atoms in total. The molecule has 0 bridgehead atoms. The van der Waals surface area contributed by atoms with Crippen molar-refractivity contribution in [3.05, 3.63) is 23.3 Å². The minimum atomic E-state index is -3.53. The van der Waals surface area contributed by atoms with E-state index in [-0.39, 0.29) is 9.64 Å². The number of nitrogen functional groups attached to an aromatic ring is 1. The van der Waals surface area contributed by atoms with Crippen LogP contribution in [-0.4, -0.2) is 26.0 Å². The summed E-state index contributed by atoms with van der Waals surface area (Å²) in [5.74, 6) is 0. The van der Waals surface area contributed by atoms with Gasteiger partial charge < -0.3 is 5.73 Å². The van der Waals surface area contributed by atoms with Crippen molar-refractivity contribution in [1.82, 2.24) is 4.72 Å². The molecule has 0 aromatic heterocycles. The van der Waals surface area contributed by atoms with E-state index in [1.807, 2.05) is 20.1 Å². The van der Waals surface area contributed by atoms with Gasteiger partial charge in [-0.3, -0.25) is 0 Å². The van der Waals surface area contributed by atoms with Crippen molar-refractivity contribution >= 4 is 27.5 Å². The average molecular weight is 331 g/mol. The molecule has 0 atom stereocenters. The number of benzene rings is 1. The molecule has 3 N–H and O–H groups in total. The van der Waals surface area contributed by atoms with E-state index in [4.69, 9.17) is 5.73 Å². The van der Waals surface area contributed by atoms with Crippen molar-refractivity contribution in [3.63, 3.8) is 0 Å². The molecule has 1 aromatic rings. The Balaban J connectivity index is 3.03. The standard InChI is InChI=1S/C15H26N2O2S2/c1-6-15(7-2,20-5)10-17-21(18,19)13-8-11(3)12(4)14(16)9-13/h8-9,17H,6-7,10,16H2,1-5H3. The van der Waals surface area contributed by atoms with Crippen molar-refractivity contribution in [2.45, 2.75) is 50.2 Å². The van der Waals surface area contributed by atoms with Gasteiger partial charge >= 0.3 is 0 Å². The van der Waals surface area contributed by atoms with Crippen molar-refractivity contribution in [3.8, 4) is 0 Å². The van der Waals surface area contributed by atoms with Crippen LogP contribution in [0.4, 0.5) is 5.69 Å². The van der Waals surface area contributed by atoms with Crippen LogP contribution in [0.15, 0.2) is 17.0 Å². The van der Waals surface area contributed by atoms with Crippen molar-refractivity contribution < 1.29 is 8.42 Å². The first-order chi connectivity index (χ1) is 9.71. The highest BCUT2D eigenvalue weighted by atomic mass is 32.2. The second-order valence-corrected chi connectivity index (χ2v) is 8.41. The maximum atomic E-state index is 12.5. The lowest BCUT2D eigenvalue weighted by molar-refractivity contribution is 0.522. The van der Waals surface area contributed by atoms with Gasteiger partial charge in [0.25, 0.3) is 0 Å². The number of rotatable bonds is 7. The molecule has 0 fully saturated rings. The molecule has 6 heteroatoms. The number of sulfonamides is 1. The molecular formula is C15H26N2O2S2. The van der Waals surface area contributed by atoms with Gasteiger partial charge in [-0.15, -0.1) is 0 Å².